The summed E-state index contributed by atoms with van der Waals surface area (Å²) in [5.41, 5.74) is 2.09. The Morgan fingerprint density at radius 2 is 1.94 bits per heavy atom. The Balaban J connectivity index is 2.32. The lowest BCUT2D eigenvalue weighted by molar-refractivity contribution is 0.385. The summed E-state index contributed by atoms with van der Waals surface area (Å²) >= 11 is 0. The Morgan fingerprint density at radius 1 is 1.22 bits per heavy atom. The summed E-state index contributed by atoms with van der Waals surface area (Å²) in [6.45, 7) is 9.20. The van der Waals surface area contributed by atoms with E-state index in [1.165, 1.54) is 5.56 Å². The molecule has 0 aliphatic carbocycles. The van der Waals surface area contributed by atoms with E-state index >= 15 is 0 Å². The molecule has 3 heteroatoms. The van der Waals surface area contributed by atoms with Crippen molar-refractivity contribution in [3.05, 3.63) is 29.5 Å². The zero-order valence-electron chi connectivity index (χ0n) is 11.8. The minimum Gasteiger partial charge on any atom is -0.493 e. The van der Waals surface area contributed by atoms with Crippen LogP contribution in [0.2, 0.25) is 0 Å². The lowest BCUT2D eigenvalue weighted by Crippen LogP contribution is -2.34. The van der Waals surface area contributed by atoms with Crippen LogP contribution in [0.5, 0.6) is 5.75 Å². The first-order valence-electron chi connectivity index (χ1n) is 6.21. The first-order valence-corrected chi connectivity index (χ1v) is 6.21. The van der Waals surface area contributed by atoms with Crippen LogP contribution in [0.3, 0.4) is 0 Å². The summed E-state index contributed by atoms with van der Waals surface area (Å²) in [4.78, 5) is 0. The van der Waals surface area contributed by atoms with E-state index in [1.54, 1.807) is 7.11 Å². The van der Waals surface area contributed by atoms with Crippen LogP contribution in [0.25, 0.3) is 11.0 Å². The fraction of sp³-hybridized carbons (Fsp3) is 0.467. The van der Waals surface area contributed by atoms with Gasteiger partial charge < -0.3 is 14.5 Å². The van der Waals surface area contributed by atoms with Gasteiger partial charge in [-0.15, -0.1) is 0 Å². The Morgan fingerprint density at radius 3 is 2.56 bits per heavy atom. The lowest BCUT2D eigenvalue weighted by atomic mass is 10.1. The predicted octanol–water partition coefficient (Wildman–Crippen LogP) is 3.64. The third-order valence-electron chi connectivity index (χ3n) is 2.79. The van der Waals surface area contributed by atoms with Gasteiger partial charge in [0.15, 0.2) is 11.3 Å². The molecule has 1 heterocycles. The fourth-order valence-electron chi connectivity index (χ4n) is 1.91. The SMILES string of the molecule is COc1cc(C)cc2cc(CNC(C)(C)C)oc12. The van der Waals surface area contributed by atoms with Crippen molar-refractivity contribution in [1.29, 1.82) is 0 Å². The van der Waals surface area contributed by atoms with Gasteiger partial charge >= 0.3 is 0 Å². The quantitative estimate of drug-likeness (QED) is 0.899. The maximum absolute atomic E-state index is 5.85. The summed E-state index contributed by atoms with van der Waals surface area (Å²) in [7, 11) is 1.67. The first-order chi connectivity index (χ1) is 8.39. The van der Waals surface area contributed by atoms with E-state index in [2.05, 4.69) is 45.1 Å². The number of aryl methyl sites for hydroxylation is 1. The fourth-order valence-corrected chi connectivity index (χ4v) is 1.91. The topological polar surface area (TPSA) is 34.4 Å². The molecule has 0 saturated heterocycles. The lowest BCUT2D eigenvalue weighted by Gasteiger charge is -2.19. The van der Waals surface area contributed by atoms with Crippen LogP contribution in [0, 0.1) is 6.92 Å². The van der Waals surface area contributed by atoms with Crippen LogP contribution < -0.4 is 10.1 Å². The van der Waals surface area contributed by atoms with Gasteiger partial charge in [0.25, 0.3) is 0 Å². The summed E-state index contributed by atoms with van der Waals surface area (Å²) in [5.74, 6) is 1.73. The molecule has 1 aromatic heterocycles. The number of benzene rings is 1. The summed E-state index contributed by atoms with van der Waals surface area (Å²) < 4.78 is 11.2. The number of ether oxygens (including phenoxy) is 1. The molecule has 0 aliphatic heterocycles. The Labute approximate surface area is 108 Å². The van der Waals surface area contributed by atoms with Crippen molar-refractivity contribution < 1.29 is 9.15 Å². The van der Waals surface area contributed by atoms with Crippen molar-refractivity contribution in [2.45, 2.75) is 39.8 Å². The maximum atomic E-state index is 5.85. The smallest absolute Gasteiger partial charge is 0.176 e. The van der Waals surface area contributed by atoms with Gasteiger partial charge in [-0.05, 0) is 51.5 Å². The van der Waals surface area contributed by atoms with Gasteiger partial charge in [0.1, 0.15) is 5.76 Å². The number of fused-ring (bicyclic) bond motifs is 1. The van der Waals surface area contributed by atoms with Crippen molar-refractivity contribution in [3.63, 3.8) is 0 Å². The second kappa shape index (κ2) is 4.65. The number of methoxy groups -OCH3 is 1. The normalized spacial score (nSPS) is 12.1. The molecule has 3 nitrogen and oxygen atoms in total. The highest BCUT2D eigenvalue weighted by Crippen LogP contribution is 2.30. The molecule has 0 atom stereocenters. The van der Waals surface area contributed by atoms with Gasteiger partial charge in [-0.25, -0.2) is 0 Å². The van der Waals surface area contributed by atoms with Gasteiger partial charge in [-0.2, -0.15) is 0 Å². The molecule has 0 radical (unpaired) electrons. The number of hydrogen-bond donors (Lipinski definition) is 1. The van der Waals surface area contributed by atoms with Gasteiger partial charge in [-0.3, -0.25) is 0 Å². The van der Waals surface area contributed by atoms with Gasteiger partial charge in [0, 0.05) is 10.9 Å². The van der Waals surface area contributed by atoms with Gasteiger partial charge in [0.2, 0.25) is 0 Å². The van der Waals surface area contributed by atoms with Crippen LogP contribution in [-0.2, 0) is 6.54 Å². The average molecular weight is 247 g/mol. The van der Waals surface area contributed by atoms with Crippen LogP contribution in [0.4, 0.5) is 0 Å². The first kappa shape index (κ1) is 13.0. The monoisotopic (exact) mass is 247 g/mol. The van der Waals surface area contributed by atoms with Crippen molar-refractivity contribution in [2.24, 2.45) is 0 Å². The highest BCUT2D eigenvalue weighted by molar-refractivity contribution is 5.84. The van der Waals surface area contributed by atoms with E-state index in [0.717, 1.165) is 29.0 Å². The predicted molar refractivity (Wildman–Crippen MR) is 74.1 cm³/mol. The van der Waals surface area contributed by atoms with Crippen molar-refractivity contribution in [1.82, 2.24) is 5.32 Å². The molecule has 98 valence electrons. The average Bonchev–Trinajstić information content (AvgIpc) is 2.67. The standard InChI is InChI=1S/C15H21NO2/c1-10-6-11-8-12(9-16-15(2,3)4)18-14(11)13(7-10)17-5/h6-8,16H,9H2,1-5H3. The minimum atomic E-state index is 0.0823. The molecule has 1 N–H and O–H groups in total. The van der Waals surface area contributed by atoms with E-state index in [9.17, 15) is 0 Å². The molecule has 18 heavy (non-hydrogen) atoms. The van der Waals surface area contributed by atoms with E-state index < -0.39 is 0 Å². The Bertz CT molecular complexity index is 549. The molecule has 0 aliphatic rings. The second-order valence-electron chi connectivity index (χ2n) is 5.70. The number of nitrogens with one attached hydrogen (secondary N) is 1. The maximum Gasteiger partial charge on any atom is 0.176 e. The summed E-state index contributed by atoms with van der Waals surface area (Å²) in [5, 5.41) is 4.51. The van der Waals surface area contributed by atoms with E-state index in [-0.39, 0.29) is 5.54 Å². The number of rotatable bonds is 3. The van der Waals surface area contributed by atoms with Crippen LogP contribution in [-0.4, -0.2) is 12.6 Å². The highest BCUT2D eigenvalue weighted by Gasteiger charge is 2.13. The summed E-state index contributed by atoms with van der Waals surface area (Å²) in [6.07, 6.45) is 0. The molecule has 0 spiro atoms. The molecule has 0 amide bonds. The largest absolute Gasteiger partial charge is 0.493 e. The molecule has 0 fully saturated rings. The van der Waals surface area contributed by atoms with Crippen LogP contribution >= 0.6 is 0 Å². The molecule has 1 aromatic carbocycles. The van der Waals surface area contributed by atoms with Gasteiger partial charge in [-0.1, -0.05) is 0 Å². The molecule has 0 unspecified atom stereocenters. The molecule has 0 bridgehead atoms. The third-order valence-corrected chi connectivity index (χ3v) is 2.79. The summed E-state index contributed by atoms with van der Waals surface area (Å²) in [6, 6.07) is 6.18. The van der Waals surface area contributed by atoms with Gasteiger partial charge in [0.05, 0.1) is 13.7 Å². The Kier molecular flexibility index (Phi) is 3.35. The Hall–Kier alpha value is -1.48. The molecule has 2 aromatic rings. The molecular weight excluding hydrogens is 226 g/mol. The van der Waals surface area contributed by atoms with Crippen molar-refractivity contribution in [2.75, 3.05) is 7.11 Å². The second-order valence-corrected chi connectivity index (χ2v) is 5.70. The minimum absolute atomic E-state index is 0.0823. The van der Waals surface area contributed by atoms with Crippen LogP contribution in [0.1, 0.15) is 32.1 Å². The third kappa shape index (κ3) is 2.85. The van der Waals surface area contributed by atoms with E-state index in [0.29, 0.717) is 0 Å². The van der Waals surface area contributed by atoms with Crippen LogP contribution in [0.15, 0.2) is 22.6 Å². The zero-order chi connectivity index (χ0) is 13.3. The zero-order valence-corrected chi connectivity index (χ0v) is 11.8. The van der Waals surface area contributed by atoms with Crippen molar-refractivity contribution >= 4 is 11.0 Å². The molecular formula is C15H21NO2. The molecule has 2 rings (SSSR count). The van der Waals surface area contributed by atoms with Crippen molar-refractivity contribution in [3.8, 4) is 5.75 Å². The van der Waals surface area contributed by atoms with E-state index in [1.807, 2.05) is 6.07 Å². The highest BCUT2D eigenvalue weighted by atomic mass is 16.5. The molecule has 0 saturated carbocycles. The number of hydrogen-bond acceptors (Lipinski definition) is 3. The number of furan rings is 1. The van der Waals surface area contributed by atoms with E-state index in [4.69, 9.17) is 9.15 Å².